The molecule has 1 unspecified atom stereocenters. The van der Waals surface area contributed by atoms with Gasteiger partial charge in [-0.1, -0.05) is 20.3 Å². The predicted octanol–water partition coefficient (Wildman–Crippen LogP) is 0.0167. The van der Waals surface area contributed by atoms with E-state index in [1.54, 1.807) is 25.9 Å². The lowest BCUT2D eigenvalue weighted by Crippen LogP contribution is -2.99. The number of ether oxygens (including phenoxy) is 2. The SMILES string of the molecule is CC[C@@H](C)[C@@H](NC(=O)COC(=O)c1cc([NH+]([O-])O)ccc1N(C)C)C(=O)OC. The summed E-state index contributed by atoms with van der Waals surface area (Å²) < 4.78 is 9.71. The highest BCUT2D eigenvalue weighted by atomic mass is 16.8. The van der Waals surface area contributed by atoms with Gasteiger partial charge in [-0.3, -0.25) is 4.79 Å². The molecule has 156 valence electrons. The molecule has 0 fully saturated rings. The highest BCUT2D eigenvalue weighted by molar-refractivity contribution is 5.98. The van der Waals surface area contributed by atoms with Crippen LogP contribution in [0.1, 0.15) is 30.6 Å². The first-order valence-electron chi connectivity index (χ1n) is 8.71. The second-order valence-corrected chi connectivity index (χ2v) is 6.46. The van der Waals surface area contributed by atoms with Crippen molar-refractivity contribution in [2.45, 2.75) is 26.3 Å². The van der Waals surface area contributed by atoms with Crippen LogP contribution in [0.25, 0.3) is 0 Å². The fourth-order valence-electron chi connectivity index (χ4n) is 2.44. The lowest BCUT2D eigenvalue weighted by Gasteiger charge is -2.22. The molecule has 28 heavy (non-hydrogen) atoms. The average Bonchev–Trinajstić information content (AvgIpc) is 2.68. The number of methoxy groups -OCH3 is 1. The molecule has 0 saturated heterocycles. The molecule has 3 N–H and O–H groups in total. The van der Waals surface area contributed by atoms with Gasteiger partial charge in [0.25, 0.3) is 5.91 Å². The van der Waals surface area contributed by atoms with Crippen molar-refractivity contribution in [3.8, 4) is 0 Å². The highest BCUT2D eigenvalue weighted by Gasteiger charge is 2.27. The molecule has 0 radical (unpaired) electrons. The zero-order valence-electron chi connectivity index (χ0n) is 16.6. The molecule has 10 heteroatoms. The molecule has 1 aromatic carbocycles. The summed E-state index contributed by atoms with van der Waals surface area (Å²) in [6, 6.07) is 3.19. The Kier molecular flexibility index (Phi) is 8.83. The van der Waals surface area contributed by atoms with E-state index in [0.717, 1.165) is 0 Å². The number of quaternary nitrogens is 1. The molecule has 0 aliphatic carbocycles. The minimum Gasteiger partial charge on any atom is -0.595 e. The van der Waals surface area contributed by atoms with Crippen LogP contribution >= 0.6 is 0 Å². The average molecular weight is 397 g/mol. The minimum absolute atomic E-state index is 0.0177. The van der Waals surface area contributed by atoms with Crippen LogP contribution in [0.5, 0.6) is 0 Å². The Hall–Kier alpha value is -2.69. The summed E-state index contributed by atoms with van der Waals surface area (Å²) in [6.45, 7) is 3.03. The lowest BCUT2D eigenvalue weighted by molar-refractivity contribution is -0.991. The topological polar surface area (TPSA) is 133 Å². The minimum atomic E-state index is -1.19. The van der Waals surface area contributed by atoms with E-state index in [9.17, 15) is 19.6 Å². The zero-order chi connectivity index (χ0) is 21.4. The maximum atomic E-state index is 12.4. The number of rotatable bonds is 9. The van der Waals surface area contributed by atoms with Crippen LogP contribution in [-0.2, 0) is 19.1 Å². The van der Waals surface area contributed by atoms with Gasteiger partial charge in [0.05, 0.1) is 18.4 Å². The van der Waals surface area contributed by atoms with Crippen molar-refractivity contribution in [2.75, 3.05) is 32.7 Å². The van der Waals surface area contributed by atoms with Gasteiger partial charge in [0, 0.05) is 26.2 Å². The van der Waals surface area contributed by atoms with E-state index in [2.05, 4.69) is 10.1 Å². The Bertz CT molecular complexity index is 706. The maximum absolute atomic E-state index is 12.4. The molecule has 10 nitrogen and oxygen atoms in total. The third-order valence-electron chi connectivity index (χ3n) is 4.26. The van der Waals surface area contributed by atoms with E-state index in [1.165, 1.54) is 25.3 Å². The molecule has 0 aromatic heterocycles. The number of amides is 1. The van der Waals surface area contributed by atoms with Crippen molar-refractivity contribution in [1.29, 1.82) is 0 Å². The fourth-order valence-corrected chi connectivity index (χ4v) is 2.44. The van der Waals surface area contributed by atoms with Crippen molar-refractivity contribution in [2.24, 2.45) is 5.92 Å². The summed E-state index contributed by atoms with van der Waals surface area (Å²) in [7, 11) is 4.60. The Balaban J connectivity index is 2.87. The van der Waals surface area contributed by atoms with Crippen molar-refractivity contribution >= 4 is 29.2 Å². The summed E-state index contributed by atoms with van der Waals surface area (Å²) in [5.74, 6) is -2.26. The molecule has 0 aliphatic rings. The number of esters is 2. The zero-order valence-corrected chi connectivity index (χ0v) is 16.6. The fraction of sp³-hybridized carbons (Fsp3) is 0.500. The van der Waals surface area contributed by atoms with Gasteiger partial charge in [-0.2, -0.15) is 5.23 Å². The van der Waals surface area contributed by atoms with Crippen molar-refractivity contribution in [3.63, 3.8) is 0 Å². The van der Waals surface area contributed by atoms with Crippen molar-refractivity contribution in [1.82, 2.24) is 5.32 Å². The Morgan fingerprint density at radius 2 is 1.96 bits per heavy atom. The smallest absolute Gasteiger partial charge is 0.340 e. The highest BCUT2D eigenvalue weighted by Crippen LogP contribution is 2.22. The molecule has 0 saturated carbocycles. The van der Waals surface area contributed by atoms with Crippen LogP contribution in [0.2, 0.25) is 0 Å². The van der Waals surface area contributed by atoms with Crippen LogP contribution in [0.4, 0.5) is 11.4 Å². The van der Waals surface area contributed by atoms with Crippen LogP contribution in [0, 0.1) is 11.1 Å². The quantitative estimate of drug-likeness (QED) is 0.392. The summed E-state index contributed by atoms with van der Waals surface area (Å²) in [5.41, 5.74) is 0.385. The van der Waals surface area contributed by atoms with E-state index in [1.807, 2.05) is 6.92 Å². The first-order valence-corrected chi connectivity index (χ1v) is 8.71. The Labute approximate surface area is 163 Å². The van der Waals surface area contributed by atoms with E-state index in [-0.39, 0.29) is 17.2 Å². The molecule has 0 spiro atoms. The molecule has 1 amide bonds. The second kappa shape index (κ2) is 10.6. The van der Waals surface area contributed by atoms with E-state index >= 15 is 0 Å². The van der Waals surface area contributed by atoms with E-state index < -0.39 is 35.7 Å². The van der Waals surface area contributed by atoms with Gasteiger partial charge >= 0.3 is 11.9 Å². The van der Waals surface area contributed by atoms with Crippen molar-refractivity contribution in [3.05, 3.63) is 29.0 Å². The van der Waals surface area contributed by atoms with Gasteiger partial charge < -0.3 is 24.9 Å². The van der Waals surface area contributed by atoms with Gasteiger partial charge in [0.2, 0.25) is 0 Å². The number of carbonyl (C=O) groups is 3. The summed E-state index contributed by atoms with van der Waals surface area (Å²) in [4.78, 5) is 38.0. The maximum Gasteiger partial charge on any atom is 0.340 e. The molecule has 0 bridgehead atoms. The van der Waals surface area contributed by atoms with Crippen LogP contribution in [0.3, 0.4) is 0 Å². The number of anilines is 1. The lowest BCUT2D eigenvalue weighted by atomic mass is 9.99. The van der Waals surface area contributed by atoms with Crippen LogP contribution in [0.15, 0.2) is 18.2 Å². The van der Waals surface area contributed by atoms with Gasteiger partial charge in [-0.05, 0) is 12.0 Å². The summed E-state index contributed by atoms with van der Waals surface area (Å²) in [6.07, 6.45) is 0.633. The Morgan fingerprint density at radius 3 is 2.46 bits per heavy atom. The first-order chi connectivity index (χ1) is 13.1. The third-order valence-corrected chi connectivity index (χ3v) is 4.26. The predicted molar refractivity (Wildman–Crippen MR) is 100 cm³/mol. The molecular formula is C18H27N3O7. The van der Waals surface area contributed by atoms with Gasteiger partial charge in [0.1, 0.15) is 6.04 Å². The Morgan fingerprint density at radius 1 is 1.32 bits per heavy atom. The number of carbonyl (C=O) groups excluding carboxylic acids is 3. The number of nitrogens with zero attached hydrogens (tertiary/aromatic N) is 1. The van der Waals surface area contributed by atoms with Gasteiger partial charge in [0.15, 0.2) is 12.3 Å². The van der Waals surface area contributed by atoms with E-state index in [0.29, 0.717) is 12.1 Å². The van der Waals surface area contributed by atoms with Crippen LogP contribution in [-0.4, -0.2) is 56.9 Å². The second-order valence-electron chi connectivity index (χ2n) is 6.46. The molecule has 3 atom stereocenters. The molecular weight excluding hydrogens is 370 g/mol. The summed E-state index contributed by atoms with van der Waals surface area (Å²) >= 11 is 0. The van der Waals surface area contributed by atoms with E-state index in [4.69, 9.17) is 9.94 Å². The third kappa shape index (κ3) is 6.19. The molecule has 0 heterocycles. The van der Waals surface area contributed by atoms with Gasteiger partial charge in [-0.25, -0.2) is 14.8 Å². The number of hydrogen-bond acceptors (Lipinski definition) is 8. The number of hydrogen-bond donors (Lipinski definition) is 3. The molecule has 0 aliphatic heterocycles. The monoisotopic (exact) mass is 397 g/mol. The summed E-state index contributed by atoms with van der Waals surface area (Å²) in [5, 5.41) is 21.6. The number of benzene rings is 1. The standard InChI is InChI=1S/C18H27N3O7/c1-6-11(2)16(18(24)27-5)19-15(22)10-28-17(23)13-9-12(21(25)26)7-8-14(13)20(3)4/h7-9,11,16,21,25H,6,10H2,1-5H3,(H,19,22)/t11-,16-/m1/s1. The molecule has 1 rings (SSSR count). The van der Waals surface area contributed by atoms with Gasteiger partial charge in [-0.15, -0.1) is 0 Å². The normalized spacial score (nSPS) is 13.8. The van der Waals surface area contributed by atoms with Crippen molar-refractivity contribution < 1.29 is 34.3 Å². The largest absolute Gasteiger partial charge is 0.595 e. The van der Waals surface area contributed by atoms with Crippen LogP contribution < -0.4 is 15.4 Å². The number of nitrogens with one attached hydrogen (secondary N) is 2. The first kappa shape index (κ1) is 23.3. The molecule has 1 aromatic rings.